The first kappa shape index (κ1) is 17.2. The molecule has 1 N–H and O–H groups in total. The summed E-state index contributed by atoms with van der Waals surface area (Å²) in [5, 5.41) is 3.19. The van der Waals surface area contributed by atoms with Crippen molar-refractivity contribution in [3.8, 4) is 0 Å². The average Bonchev–Trinajstić information content (AvgIpc) is 2.51. The van der Waals surface area contributed by atoms with Crippen LogP contribution in [0, 0.1) is 5.82 Å². The molecule has 2 amide bonds. The van der Waals surface area contributed by atoms with Gasteiger partial charge < -0.3 is 10.2 Å². The highest BCUT2D eigenvalue weighted by atomic mass is 35.5. The fourth-order valence-electron chi connectivity index (χ4n) is 1.87. The second-order valence-corrected chi connectivity index (χ2v) is 5.66. The molecule has 120 valence electrons. The van der Waals surface area contributed by atoms with Crippen LogP contribution < -0.4 is 5.32 Å². The van der Waals surface area contributed by atoms with Gasteiger partial charge in [0, 0.05) is 18.3 Å². The van der Waals surface area contributed by atoms with E-state index in [1.54, 1.807) is 0 Å². The molecule has 0 aliphatic carbocycles. The molecule has 0 atom stereocenters. The van der Waals surface area contributed by atoms with Gasteiger partial charge >= 0.3 is 0 Å². The highest BCUT2D eigenvalue weighted by Gasteiger charge is 2.16. The summed E-state index contributed by atoms with van der Waals surface area (Å²) in [4.78, 5) is 25.4. The largest absolute Gasteiger partial charge is 0.332 e. The number of rotatable bonds is 4. The quantitative estimate of drug-likeness (QED) is 0.906. The molecule has 0 saturated heterocycles. The van der Waals surface area contributed by atoms with E-state index in [9.17, 15) is 14.0 Å². The topological polar surface area (TPSA) is 49.4 Å². The molecule has 0 aliphatic rings. The Labute approximate surface area is 142 Å². The van der Waals surface area contributed by atoms with Gasteiger partial charge in [0.1, 0.15) is 5.82 Å². The zero-order chi connectivity index (χ0) is 17.0. The summed E-state index contributed by atoms with van der Waals surface area (Å²) >= 11 is 11.7. The Morgan fingerprint density at radius 1 is 1.09 bits per heavy atom. The summed E-state index contributed by atoms with van der Waals surface area (Å²) in [7, 11) is 1.50. The van der Waals surface area contributed by atoms with E-state index in [1.807, 2.05) is 0 Å². The second kappa shape index (κ2) is 7.44. The van der Waals surface area contributed by atoms with Crippen molar-refractivity contribution in [2.45, 2.75) is 0 Å². The summed E-state index contributed by atoms with van der Waals surface area (Å²) < 4.78 is 12.8. The molecule has 4 nitrogen and oxygen atoms in total. The summed E-state index contributed by atoms with van der Waals surface area (Å²) in [6, 6.07) is 9.84. The fraction of sp³-hybridized carbons (Fsp3) is 0.125. The van der Waals surface area contributed by atoms with Crippen molar-refractivity contribution in [1.82, 2.24) is 4.90 Å². The van der Waals surface area contributed by atoms with Gasteiger partial charge in [0.2, 0.25) is 5.91 Å². The molecule has 23 heavy (non-hydrogen) atoms. The van der Waals surface area contributed by atoms with E-state index in [2.05, 4.69) is 5.32 Å². The van der Waals surface area contributed by atoms with Gasteiger partial charge in [0.15, 0.2) is 0 Å². The lowest BCUT2D eigenvalue weighted by Crippen LogP contribution is -2.34. The molecule has 0 saturated carbocycles. The highest BCUT2D eigenvalue weighted by Crippen LogP contribution is 2.23. The zero-order valence-corrected chi connectivity index (χ0v) is 13.7. The molecule has 0 unspecified atom stereocenters. The first-order valence-electron chi connectivity index (χ1n) is 6.63. The number of anilines is 1. The Hall–Kier alpha value is -2.11. The number of nitrogens with one attached hydrogen (secondary N) is 1. The first-order valence-corrected chi connectivity index (χ1v) is 7.38. The minimum Gasteiger partial charge on any atom is -0.332 e. The number of nitrogens with zero attached hydrogens (tertiary/aromatic N) is 1. The maximum atomic E-state index is 12.8. The number of likely N-dealkylation sites (N-methyl/N-ethyl adjacent to an activating group) is 1. The molecule has 2 aromatic carbocycles. The van der Waals surface area contributed by atoms with Crippen molar-refractivity contribution in [3.63, 3.8) is 0 Å². The third-order valence-corrected chi connectivity index (χ3v) is 3.76. The van der Waals surface area contributed by atoms with Gasteiger partial charge in [0.05, 0.1) is 16.6 Å². The van der Waals surface area contributed by atoms with E-state index in [0.29, 0.717) is 16.3 Å². The molecule has 2 aromatic rings. The third-order valence-electron chi connectivity index (χ3n) is 3.02. The third kappa shape index (κ3) is 4.68. The monoisotopic (exact) mass is 354 g/mol. The van der Waals surface area contributed by atoms with Crippen LogP contribution >= 0.6 is 23.2 Å². The van der Waals surface area contributed by atoms with Gasteiger partial charge in [-0.25, -0.2) is 4.39 Å². The Morgan fingerprint density at radius 3 is 2.35 bits per heavy atom. The molecule has 0 aliphatic heterocycles. The summed E-state index contributed by atoms with van der Waals surface area (Å²) in [5.74, 6) is -1.15. The molecule has 0 heterocycles. The molecule has 7 heteroatoms. The normalized spacial score (nSPS) is 10.3. The van der Waals surface area contributed by atoms with Crippen LogP contribution in [-0.4, -0.2) is 30.3 Å². The van der Waals surface area contributed by atoms with Crippen molar-refractivity contribution < 1.29 is 14.0 Å². The predicted octanol–water partition coefficient (Wildman–Crippen LogP) is 3.84. The standard InChI is InChI=1S/C16H13Cl2FN2O2/c1-21(16(23)10-2-7-13(17)14(18)8-10)9-15(22)20-12-5-3-11(19)4-6-12/h2-8H,9H2,1H3,(H,20,22). The van der Waals surface area contributed by atoms with Crippen LogP contribution in [0.15, 0.2) is 42.5 Å². The van der Waals surface area contributed by atoms with E-state index in [1.165, 1.54) is 54.4 Å². The van der Waals surface area contributed by atoms with Crippen LogP contribution in [0.2, 0.25) is 10.0 Å². The summed E-state index contributed by atoms with van der Waals surface area (Å²) in [5.41, 5.74) is 0.781. The Morgan fingerprint density at radius 2 is 1.74 bits per heavy atom. The van der Waals surface area contributed by atoms with Gasteiger partial charge in [-0.2, -0.15) is 0 Å². The number of carbonyl (C=O) groups is 2. The smallest absolute Gasteiger partial charge is 0.254 e. The van der Waals surface area contributed by atoms with E-state index < -0.39 is 11.7 Å². The molecule has 0 radical (unpaired) electrons. The van der Waals surface area contributed by atoms with Gasteiger partial charge in [-0.1, -0.05) is 23.2 Å². The van der Waals surface area contributed by atoms with E-state index in [0.717, 1.165) is 0 Å². The van der Waals surface area contributed by atoms with Crippen LogP contribution in [-0.2, 0) is 4.79 Å². The molecule has 2 rings (SSSR count). The average molecular weight is 355 g/mol. The lowest BCUT2D eigenvalue weighted by Gasteiger charge is -2.17. The maximum Gasteiger partial charge on any atom is 0.254 e. The summed E-state index contributed by atoms with van der Waals surface area (Å²) in [6.07, 6.45) is 0. The molecule has 0 fully saturated rings. The highest BCUT2D eigenvalue weighted by molar-refractivity contribution is 6.42. The van der Waals surface area contributed by atoms with Gasteiger partial charge in [-0.05, 0) is 42.5 Å². The molecule has 0 spiro atoms. The van der Waals surface area contributed by atoms with Crippen LogP contribution in [0.5, 0.6) is 0 Å². The lowest BCUT2D eigenvalue weighted by atomic mass is 10.2. The second-order valence-electron chi connectivity index (χ2n) is 4.85. The Bertz CT molecular complexity index is 735. The molecule has 0 bridgehead atoms. The van der Waals surface area contributed by atoms with E-state index in [4.69, 9.17) is 23.2 Å². The van der Waals surface area contributed by atoms with Crippen LogP contribution in [0.4, 0.5) is 10.1 Å². The van der Waals surface area contributed by atoms with Crippen molar-refractivity contribution in [2.24, 2.45) is 0 Å². The van der Waals surface area contributed by atoms with Gasteiger partial charge in [-0.3, -0.25) is 9.59 Å². The zero-order valence-electron chi connectivity index (χ0n) is 12.1. The van der Waals surface area contributed by atoms with Crippen molar-refractivity contribution in [1.29, 1.82) is 0 Å². The molecular formula is C16H13Cl2FN2O2. The van der Waals surface area contributed by atoms with Crippen molar-refractivity contribution in [3.05, 3.63) is 63.9 Å². The SMILES string of the molecule is CN(CC(=O)Nc1ccc(F)cc1)C(=O)c1ccc(Cl)c(Cl)c1. The van der Waals surface area contributed by atoms with Gasteiger partial charge in [0.25, 0.3) is 5.91 Å². The van der Waals surface area contributed by atoms with Crippen LogP contribution in [0.25, 0.3) is 0 Å². The Balaban J connectivity index is 1.98. The number of benzene rings is 2. The van der Waals surface area contributed by atoms with Crippen LogP contribution in [0.1, 0.15) is 10.4 Å². The minimum atomic E-state index is -0.396. The lowest BCUT2D eigenvalue weighted by molar-refractivity contribution is -0.116. The first-order chi connectivity index (χ1) is 10.9. The van der Waals surface area contributed by atoms with E-state index in [-0.39, 0.29) is 17.5 Å². The minimum absolute atomic E-state index is 0.156. The molecule has 0 aromatic heterocycles. The predicted molar refractivity (Wildman–Crippen MR) is 88.5 cm³/mol. The number of hydrogen-bond donors (Lipinski definition) is 1. The van der Waals surface area contributed by atoms with E-state index >= 15 is 0 Å². The fourth-order valence-corrected chi connectivity index (χ4v) is 2.17. The van der Waals surface area contributed by atoms with Crippen molar-refractivity contribution in [2.75, 3.05) is 18.9 Å². The van der Waals surface area contributed by atoms with Crippen molar-refractivity contribution >= 4 is 40.7 Å². The van der Waals surface area contributed by atoms with Crippen LogP contribution in [0.3, 0.4) is 0 Å². The number of hydrogen-bond acceptors (Lipinski definition) is 2. The van der Waals surface area contributed by atoms with Gasteiger partial charge in [-0.15, -0.1) is 0 Å². The number of carbonyl (C=O) groups excluding carboxylic acids is 2. The number of amides is 2. The maximum absolute atomic E-state index is 12.8. The molecular weight excluding hydrogens is 342 g/mol. The Kier molecular flexibility index (Phi) is 5.58. The number of halogens is 3. The summed E-state index contributed by atoms with van der Waals surface area (Å²) in [6.45, 7) is -0.156.